The number of aliphatic imine (C=N–C) groups is 1. The lowest BCUT2D eigenvalue weighted by atomic mass is 10.0. The van der Waals surface area contributed by atoms with Crippen molar-refractivity contribution in [2.45, 2.75) is 53.2 Å². The van der Waals surface area contributed by atoms with Gasteiger partial charge in [-0.2, -0.15) is 0 Å². The third kappa shape index (κ3) is 5.09. The van der Waals surface area contributed by atoms with Crippen LogP contribution in [-0.4, -0.2) is 56.8 Å². The number of carbonyl (C=O) groups excluding carboxylic acids is 1. The van der Waals surface area contributed by atoms with Crippen LogP contribution in [0.4, 0.5) is 5.69 Å². The number of hydrogen-bond acceptors (Lipinski definition) is 9. The van der Waals surface area contributed by atoms with Gasteiger partial charge >= 0.3 is 0 Å². The SMILES string of the molecule is Cc1cc([C@H](N=C2NS(=O)(=O)C(C3OC(C)O3)=C2Nc2cccc(C(=O)N(C)C)c2O)C(C)C)oc1C. The summed E-state index contributed by atoms with van der Waals surface area (Å²) >= 11 is 0. The minimum Gasteiger partial charge on any atom is -0.505 e. The molecule has 12 heteroatoms. The van der Waals surface area contributed by atoms with E-state index in [1.165, 1.54) is 17.0 Å². The number of amidine groups is 1. The molecule has 3 heterocycles. The minimum absolute atomic E-state index is 0.0101. The Labute approximate surface area is 216 Å². The quantitative estimate of drug-likeness (QED) is 0.461. The molecule has 1 aromatic heterocycles. The number of nitrogens with zero attached hydrogens (tertiary/aromatic N) is 2. The van der Waals surface area contributed by atoms with E-state index in [2.05, 4.69) is 10.0 Å². The van der Waals surface area contributed by atoms with Crippen LogP contribution in [0.25, 0.3) is 0 Å². The summed E-state index contributed by atoms with van der Waals surface area (Å²) in [6.07, 6.45) is -1.75. The highest BCUT2D eigenvalue weighted by Gasteiger charge is 2.46. The molecule has 0 radical (unpaired) electrons. The smallest absolute Gasteiger partial charge is 0.266 e. The summed E-state index contributed by atoms with van der Waals surface area (Å²) in [7, 11) is -0.966. The zero-order chi connectivity index (χ0) is 27.2. The number of sulfonamides is 1. The lowest BCUT2D eigenvalue weighted by Crippen LogP contribution is -2.42. The Morgan fingerprint density at radius 2 is 1.89 bits per heavy atom. The lowest BCUT2D eigenvalue weighted by Gasteiger charge is -2.34. The zero-order valence-corrected chi connectivity index (χ0v) is 22.6. The van der Waals surface area contributed by atoms with Crippen LogP contribution in [-0.2, 0) is 19.5 Å². The van der Waals surface area contributed by atoms with Crippen molar-refractivity contribution in [1.29, 1.82) is 0 Å². The first-order valence-corrected chi connectivity index (χ1v) is 13.3. The van der Waals surface area contributed by atoms with Gasteiger partial charge in [0, 0.05) is 14.1 Å². The molecule has 2 aromatic rings. The number of phenols is 1. The fraction of sp³-hybridized carbons (Fsp3) is 0.440. The highest BCUT2D eigenvalue weighted by Crippen LogP contribution is 2.37. The van der Waals surface area contributed by atoms with E-state index in [0.717, 1.165) is 11.3 Å². The van der Waals surface area contributed by atoms with Gasteiger partial charge in [0.25, 0.3) is 15.9 Å². The molecule has 2 aliphatic heterocycles. The number of hydrogen-bond donors (Lipinski definition) is 3. The van der Waals surface area contributed by atoms with Gasteiger partial charge in [0.05, 0.1) is 11.3 Å². The Morgan fingerprint density at radius 1 is 1.22 bits per heavy atom. The monoisotopic (exact) mass is 532 g/mol. The van der Waals surface area contributed by atoms with Crippen LogP contribution in [0.15, 0.2) is 44.3 Å². The second-order valence-electron chi connectivity index (χ2n) is 9.60. The van der Waals surface area contributed by atoms with E-state index in [4.69, 9.17) is 18.9 Å². The molecule has 1 aromatic carbocycles. The normalized spacial score (nSPS) is 22.6. The Balaban J connectivity index is 1.84. The molecule has 0 saturated carbocycles. The van der Waals surface area contributed by atoms with Gasteiger partial charge in [0.1, 0.15) is 28.2 Å². The molecule has 2 aliphatic rings. The fourth-order valence-electron chi connectivity index (χ4n) is 4.04. The Hall–Kier alpha value is -3.35. The summed E-state index contributed by atoms with van der Waals surface area (Å²) in [5.74, 6) is 0.562. The number of para-hydroxylation sites is 1. The first-order valence-electron chi connectivity index (χ1n) is 11.8. The average Bonchev–Trinajstić information content (AvgIpc) is 3.24. The number of amides is 1. The topological polar surface area (TPSA) is 143 Å². The summed E-state index contributed by atoms with van der Waals surface area (Å²) in [5, 5.41) is 13.9. The van der Waals surface area contributed by atoms with Crippen LogP contribution in [0.3, 0.4) is 0 Å². The Morgan fingerprint density at radius 3 is 2.43 bits per heavy atom. The zero-order valence-electron chi connectivity index (χ0n) is 21.8. The molecule has 0 bridgehead atoms. The molecular formula is C25H32N4O7S. The molecule has 1 amide bonds. The van der Waals surface area contributed by atoms with Crippen molar-refractivity contribution in [3.63, 3.8) is 0 Å². The van der Waals surface area contributed by atoms with Crippen molar-refractivity contribution in [2.24, 2.45) is 10.9 Å². The first-order chi connectivity index (χ1) is 17.3. The summed E-state index contributed by atoms with van der Waals surface area (Å²) in [5.41, 5.74) is 1.17. The molecule has 1 saturated heterocycles. The van der Waals surface area contributed by atoms with Crippen LogP contribution >= 0.6 is 0 Å². The van der Waals surface area contributed by atoms with Crippen molar-refractivity contribution >= 4 is 27.5 Å². The number of anilines is 1. The Kier molecular flexibility index (Phi) is 7.10. The predicted molar refractivity (Wildman–Crippen MR) is 137 cm³/mol. The molecular weight excluding hydrogens is 500 g/mol. The second kappa shape index (κ2) is 9.84. The van der Waals surface area contributed by atoms with Crippen molar-refractivity contribution in [3.05, 3.63) is 57.5 Å². The molecule has 4 rings (SSSR count). The van der Waals surface area contributed by atoms with E-state index in [0.29, 0.717) is 5.76 Å². The molecule has 200 valence electrons. The van der Waals surface area contributed by atoms with Gasteiger partial charge < -0.3 is 29.2 Å². The van der Waals surface area contributed by atoms with Gasteiger partial charge in [0.15, 0.2) is 17.9 Å². The lowest BCUT2D eigenvalue weighted by molar-refractivity contribution is -0.356. The number of carbonyl (C=O) groups is 1. The number of rotatable bonds is 7. The van der Waals surface area contributed by atoms with Crippen molar-refractivity contribution in [1.82, 2.24) is 9.62 Å². The number of nitrogens with one attached hydrogen (secondary N) is 2. The van der Waals surface area contributed by atoms with Crippen LogP contribution in [0.1, 0.15) is 54.3 Å². The number of furan rings is 1. The maximum atomic E-state index is 13.2. The van der Waals surface area contributed by atoms with Crippen LogP contribution in [0.5, 0.6) is 5.75 Å². The summed E-state index contributed by atoms with van der Waals surface area (Å²) in [4.78, 5) is 18.4. The highest BCUT2D eigenvalue weighted by atomic mass is 32.2. The van der Waals surface area contributed by atoms with Gasteiger partial charge in [-0.3, -0.25) is 14.5 Å². The molecule has 0 spiro atoms. The fourth-order valence-corrected chi connectivity index (χ4v) is 5.34. The van der Waals surface area contributed by atoms with E-state index in [9.17, 15) is 18.3 Å². The standard InChI is InChI=1S/C25H32N4O7S/c1-12(2)19(18-11-13(3)14(4)34-18)27-23-20(22(37(32,33)28-23)25-35-15(5)36-25)26-17-10-8-9-16(21(17)30)24(31)29(6)7/h8-12,15,19,25-26,30H,1-7H3,(H,27,28)/t15?,19-,25?/m1/s1. The first kappa shape index (κ1) is 26.7. The summed E-state index contributed by atoms with van der Waals surface area (Å²) in [6.45, 7) is 9.32. The van der Waals surface area contributed by atoms with E-state index in [-0.39, 0.29) is 39.4 Å². The van der Waals surface area contributed by atoms with Crippen LogP contribution in [0.2, 0.25) is 0 Å². The number of aromatic hydroxyl groups is 1. The van der Waals surface area contributed by atoms with Gasteiger partial charge in [-0.25, -0.2) is 8.42 Å². The van der Waals surface area contributed by atoms with Crippen molar-refractivity contribution in [2.75, 3.05) is 19.4 Å². The van der Waals surface area contributed by atoms with Crippen molar-refractivity contribution in [3.8, 4) is 5.75 Å². The van der Waals surface area contributed by atoms with E-state index in [1.807, 2.05) is 33.8 Å². The molecule has 1 fully saturated rings. The molecule has 0 aliphatic carbocycles. The van der Waals surface area contributed by atoms with Crippen LogP contribution in [0, 0.1) is 19.8 Å². The largest absolute Gasteiger partial charge is 0.505 e. The number of ether oxygens (including phenoxy) is 2. The maximum absolute atomic E-state index is 13.2. The third-order valence-electron chi connectivity index (χ3n) is 6.16. The van der Waals surface area contributed by atoms with E-state index >= 15 is 0 Å². The summed E-state index contributed by atoms with van der Waals surface area (Å²) < 4.78 is 45.9. The Bertz CT molecular complexity index is 1370. The molecule has 11 nitrogen and oxygen atoms in total. The maximum Gasteiger partial charge on any atom is 0.266 e. The highest BCUT2D eigenvalue weighted by molar-refractivity contribution is 7.94. The number of benzene rings is 1. The number of aryl methyl sites for hydroxylation is 2. The van der Waals surface area contributed by atoms with Crippen LogP contribution < -0.4 is 10.0 Å². The number of phenolic OH excluding ortho intramolecular Hbond substituents is 1. The van der Waals surface area contributed by atoms with Gasteiger partial charge in [-0.05, 0) is 50.5 Å². The van der Waals surface area contributed by atoms with E-state index < -0.39 is 34.6 Å². The third-order valence-corrected chi connectivity index (χ3v) is 7.59. The summed E-state index contributed by atoms with van der Waals surface area (Å²) in [6, 6.07) is 5.95. The van der Waals surface area contributed by atoms with Gasteiger partial charge in [0.2, 0.25) is 6.29 Å². The second-order valence-corrected chi connectivity index (χ2v) is 11.2. The van der Waals surface area contributed by atoms with Gasteiger partial charge in [-0.15, -0.1) is 0 Å². The molecule has 0 unspecified atom stereocenters. The van der Waals surface area contributed by atoms with Crippen molar-refractivity contribution < 1.29 is 32.2 Å². The average molecular weight is 533 g/mol. The minimum atomic E-state index is -4.10. The predicted octanol–water partition coefficient (Wildman–Crippen LogP) is 3.38. The molecule has 37 heavy (non-hydrogen) atoms. The van der Waals surface area contributed by atoms with Gasteiger partial charge in [-0.1, -0.05) is 19.9 Å². The molecule has 1 atom stereocenters. The molecule has 3 N–H and O–H groups in total. The van der Waals surface area contributed by atoms with E-state index in [1.54, 1.807) is 27.1 Å².